The minimum atomic E-state index is -4.56. The summed E-state index contributed by atoms with van der Waals surface area (Å²) in [7, 11) is -2.63. The molecule has 1 atom stereocenters. The molecule has 0 bridgehead atoms. The van der Waals surface area contributed by atoms with Crippen molar-refractivity contribution in [1.29, 1.82) is 0 Å². The molecule has 2 aromatic rings. The van der Waals surface area contributed by atoms with Crippen molar-refractivity contribution in [1.82, 2.24) is 4.98 Å². The van der Waals surface area contributed by atoms with Crippen molar-refractivity contribution in [3.8, 4) is 0 Å². The Hall–Kier alpha value is -2.52. The Bertz CT molecular complexity index is 1170. The molecule has 3 heterocycles. The van der Waals surface area contributed by atoms with Gasteiger partial charge in [-0.15, -0.1) is 0 Å². The minimum Gasteiger partial charge on any atom is -0.397 e. The number of carbonyl (C=O) groups excluding carboxylic acids is 1. The summed E-state index contributed by atoms with van der Waals surface area (Å²) in [6, 6.07) is 7.01. The second kappa shape index (κ2) is 9.10. The molecule has 1 aromatic heterocycles. The topological polar surface area (TPSA) is 54.8 Å². The van der Waals surface area contributed by atoms with E-state index in [4.69, 9.17) is 9.42 Å². The van der Waals surface area contributed by atoms with Gasteiger partial charge >= 0.3 is 6.18 Å². The number of alkyl halides is 3. The number of Topliss-reactive ketones (excluding diaryl/α,β-unsaturated/α-hetero) is 1. The summed E-state index contributed by atoms with van der Waals surface area (Å²) in [6.45, 7) is 15.1. The lowest BCUT2D eigenvalue weighted by Gasteiger charge is -2.48. The summed E-state index contributed by atoms with van der Waals surface area (Å²) in [5.41, 5.74) is 0.0825. The SMILES string of the molecule is Cc1ccc(N2CC[C@@]3(O[Si](C(C)C)(C(C)C)C(C)C)C(=O)c4cc(C(F)(F)F)ccc4N=C23)cn1. The smallest absolute Gasteiger partial charge is 0.397 e. The molecule has 2 aliphatic heterocycles. The van der Waals surface area contributed by atoms with Crippen molar-refractivity contribution in [2.45, 2.75) is 83.3 Å². The third kappa shape index (κ3) is 4.10. The van der Waals surface area contributed by atoms with Crippen molar-refractivity contribution in [3.05, 3.63) is 53.3 Å². The Morgan fingerprint density at radius 2 is 1.67 bits per heavy atom. The molecule has 1 aromatic carbocycles. The van der Waals surface area contributed by atoms with Crippen LogP contribution in [0, 0.1) is 6.92 Å². The Morgan fingerprint density at radius 1 is 1.03 bits per heavy atom. The molecule has 4 rings (SSSR count). The molecule has 5 nitrogen and oxygen atoms in total. The zero-order chi connectivity index (χ0) is 26.6. The first kappa shape index (κ1) is 26.5. The highest BCUT2D eigenvalue weighted by Gasteiger charge is 2.60. The number of carbonyl (C=O) groups is 1. The molecule has 1 fully saturated rings. The van der Waals surface area contributed by atoms with Crippen LogP contribution in [0.2, 0.25) is 16.6 Å². The molecule has 9 heteroatoms. The number of ketones is 1. The zero-order valence-electron chi connectivity index (χ0n) is 21.9. The van der Waals surface area contributed by atoms with Crippen molar-refractivity contribution in [2.75, 3.05) is 11.4 Å². The molecule has 0 unspecified atom stereocenters. The van der Waals surface area contributed by atoms with Crippen LogP contribution in [0.1, 0.15) is 69.6 Å². The summed E-state index contributed by atoms with van der Waals surface area (Å²) < 4.78 is 47.9. The first-order chi connectivity index (χ1) is 16.7. The quantitative estimate of drug-likeness (QED) is 0.373. The average molecular weight is 518 g/mol. The Morgan fingerprint density at radius 3 is 2.19 bits per heavy atom. The number of nitrogens with zero attached hydrogens (tertiary/aromatic N) is 3. The van der Waals surface area contributed by atoms with E-state index in [9.17, 15) is 18.0 Å². The number of hydrogen-bond acceptors (Lipinski definition) is 5. The summed E-state index contributed by atoms with van der Waals surface area (Å²) >= 11 is 0. The lowest BCUT2D eigenvalue weighted by molar-refractivity contribution is -0.137. The highest BCUT2D eigenvalue weighted by molar-refractivity contribution is 6.78. The van der Waals surface area contributed by atoms with E-state index in [1.165, 1.54) is 6.07 Å². The predicted molar refractivity (Wildman–Crippen MR) is 139 cm³/mol. The highest BCUT2D eigenvalue weighted by atomic mass is 28.4. The molecule has 36 heavy (non-hydrogen) atoms. The molecular formula is C27H34F3N3O2Si. The summed E-state index contributed by atoms with van der Waals surface area (Å²) in [5, 5.41) is 0. The lowest BCUT2D eigenvalue weighted by atomic mass is 9.87. The van der Waals surface area contributed by atoms with Crippen LogP contribution in [0.25, 0.3) is 0 Å². The normalized spacial score (nSPS) is 20.3. The third-order valence-electron chi connectivity index (χ3n) is 7.73. The second-order valence-electron chi connectivity index (χ2n) is 10.8. The number of aromatic nitrogens is 1. The number of amidine groups is 1. The summed E-state index contributed by atoms with van der Waals surface area (Å²) in [6.07, 6.45) is -2.51. The van der Waals surface area contributed by atoms with Crippen LogP contribution in [-0.4, -0.2) is 37.1 Å². The van der Waals surface area contributed by atoms with Crippen LogP contribution in [0.4, 0.5) is 24.5 Å². The first-order valence-electron chi connectivity index (χ1n) is 12.5. The van der Waals surface area contributed by atoms with Crippen LogP contribution in [0.5, 0.6) is 0 Å². The lowest BCUT2D eigenvalue weighted by Crippen LogP contribution is -2.61. The van der Waals surface area contributed by atoms with Gasteiger partial charge in [0.2, 0.25) is 14.1 Å². The molecule has 194 valence electrons. The molecule has 0 amide bonds. The van der Waals surface area contributed by atoms with E-state index in [0.717, 1.165) is 23.5 Å². The van der Waals surface area contributed by atoms with Gasteiger partial charge in [-0.25, -0.2) is 4.99 Å². The molecule has 0 radical (unpaired) electrons. The fourth-order valence-corrected chi connectivity index (χ4v) is 11.7. The average Bonchev–Trinajstić information content (AvgIpc) is 3.16. The van der Waals surface area contributed by atoms with Gasteiger partial charge in [0.1, 0.15) is 5.84 Å². The maximum Gasteiger partial charge on any atom is 0.416 e. The fraction of sp³-hybridized carbons (Fsp3) is 0.519. The van der Waals surface area contributed by atoms with E-state index in [1.54, 1.807) is 6.20 Å². The van der Waals surface area contributed by atoms with Crippen LogP contribution < -0.4 is 4.90 Å². The van der Waals surface area contributed by atoms with Crippen molar-refractivity contribution >= 4 is 31.3 Å². The van der Waals surface area contributed by atoms with Gasteiger partial charge < -0.3 is 9.33 Å². The maximum absolute atomic E-state index is 14.3. The monoisotopic (exact) mass is 517 g/mol. The molecule has 1 saturated heterocycles. The number of fused-ring (bicyclic) bond motifs is 2. The van der Waals surface area contributed by atoms with Gasteiger partial charge in [0.25, 0.3) is 0 Å². The standard InChI is InChI=1S/C27H34F3N3O2Si/c1-16(2)36(17(3)4,18(5)6)35-26-12-13-33(21-10-8-19(7)31-15-21)25(26)32-23-11-9-20(27(28,29)30)14-22(23)24(26)34/h8-11,14-18H,12-13H2,1-7H3/t26-/m1/s1. The molecule has 0 aliphatic carbocycles. The van der Waals surface area contributed by atoms with E-state index in [0.29, 0.717) is 18.8 Å². The fourth-order valence-electron chi connectivity index (χ4n) is 6.06. The van der Waals surface area contributed by atoms with Gasteiger partial charge in [-0.3, -0.25) is 9.78 Å². The number of benzene rings is 1. The van der Waals surface area contributed by atoms with E-state index in [2.05, 4.69) is 46.5 Å². The third-order valence-corrected chi connectivity index (χ3v) is 13.8. The van der Waals surface area contributed by atoms with E-state index in [1.807, 2.05) is 24.0 Å². The number of anilines is 1. The second-order valence-corrected chi connectivity index (χ2v) is 16.2. The van der Waals surface area contributed by atoms with E-state index < -0.39 is 31.4 Å². The summed E-state index contributed by atoms with van der Waals surface area (Å²) in [5.74, 6) is 0.0132. The van der Waals surface area contributed by atoms with Crippen molar-refractivity contribution < 1.29 is 22.4 Å². The summed E-state index contributed by atoms with van der Waals surface area (Å²) in [4.78, 5) is 25.4. The zero-order valence-corrected chi connectivity index (χ0v) is 22.9. The van der Waals surface area contributed by atoms with Gasteiger partial charge in [-0.2, -0.15) is 13.2 Å². The molecular weight excluding hydrogens is 483 g/mol. The van der Waals surface area contributed by atoms with Crippen LogP contribution >= 0.6 is 0 Å². The first-order valence-corrected chi connectivity index (χ1v) is 14.6. The van der Waals surface area contributed by atoms with Crippen LogP contribution in [-0.2, 0) is 10.6 Å². The maximum atomic E-state index is 14.3. The molecule has 0 spiro atoms. The van der Waals surface area contributed by atoms with Gasteiger partial charge in [-0.1, -0.05) is 41.5 Å². The Balaban J connectivity index is 1.94. The van der Waals surface area contributed by atoms with Gasteiger partial charge in [-0.05, 0) is 53.9 Å². The Kier molecular flexibility index (Phi) is 6.71. The number of aryl methyl sites for hydroxylation is 1. The van der Waals surface area contributed by atoms with Crippen molar-refractivity contribution in [2.24, 2.45) is 4.99 Å². The minimum absolute atomic E-state index is 0.0309. The number of aliphatic imine (C=N–C) groups is 1. The Labute approximate surface area is 211 Å². The molecule has 0 N–H and O–H groups in total. The number of pyridine rings is 1. The van der Waals surface area contributed by atoms with E-state index in [-0.39, 0.29) is 27.9 Å². The molecule has 2 aliphatic rings. The highest BCUT2D eigenvalue weighted by Crippen LogP contribution is 2.50. The van der Waals surface area contributed by atoms with Crippen LogP contribution in [0.15, 0.2) is 41.5 Å². The largest absolute Gasteiger partial charge is 0.416 e. The van der Waals surface area contributed by atoms with E-state index >= 15 is 0 Å². The number of halogens is 3. The van der Waals surface area contributed by atoms with Crippen molar-refractivity contribution in [3.63, 3.8) is 0 Å². The number of hydrogen-bond donors (Lipinski definition) is 0. The molecule has 0 saturated carbocycles. The van der Waals surface area contributed by atoms with Gasteiger partial charge in [0, 0.05) is 24.2 Å². The predicted octanol–water partition coefficient (Wildman–Crippen LogP) is 7.48. The van der Waals surface area contributed by atoms with Gasteiger partial charge in [0.15, 0.2) is 5.60 Å². The van der Waals surface area contributed by atoms with Crippen LogP contribution in [0.3, 0.4) is 0 Å². The van der Waals surface area contributed by atoms with Gasteiger partial charge in [0.05, 0.1) is 23.1 Å². The number of rotatable bonds is 6.